The van der Waals surface area contributed by atoms with Crippen LogP contribution in [0.4, 0.5) is 0 Å². The average molecular weight is 127 g/mol. The zero-order valence-electron chi connectivity index (χ0n) is 5.09. The van der Waals surface area contributed by atoms with Gasteiger partial charge in [-0.2, -0.15) is 0 Å². The Morgan fingerprint density at radius 3 is 2.78 bits per heavy atom. The van der Waals surface area contributed by atoms with Crippen LogP contribution in [0.15, 0.2) is 0 Å². The molecule has 3 nitrogen and oxygen atoms in total. The van der Waals surface area contributed by atoms with E-state index in [4.69, 9.17) is 0 Å². The number of carbonyl (C=O) groups excluding carboxylic acids is 2. The van der Waals surface area contributed by atoms with Crippen LogP contribution < -0.4 is 5.32 Å². The van der Waals surface area contributed by atoms with E-state index in [1.807, 2.05) is 0 Å². The Kier molecular flexibility index (Phi) is 1.82. The Hall–Kier alpha value is -0.860. The van der Waals surface area contributed by atoms with E-state index in [2.05, 4.69) is 5.32 Å². The van der Waals surface area contributed by atoms with Gasteiger partial charge in [0.1, 0.15) is 0 Å². The predicted octanol–water partition coefficient (Wildman–Crippen LogP) is -0.289. The van der Waals surface area contributed by atoms with E-state index in [0.29, 0.717) is 6.41 Å². The van der Waals surface area contributed by atoms with Crippen molar-refractivity contribution in [1.82, 2.24) is 5.32 Å². The summed E-state index contributed by atoms with van der Waals surface area (Å²) in [6.07, 6.45) is 2.58. The molecule has 0 spiro atoms. The molecule has 3 heteroatoms. The first-order valence-electron chi connectivity index (χ1n) is 3.04. The van der Waals surface area contributed by atoms with E-state index in [0.717, 1.165) is 12.8 Å². The van der Waals surface area contributed by atoms with Gasteiger partial charge in [-0.1, -0.05) is 0 Å². The predicted molar refractivity (Wildman–Crippen MR) is 31.8 cm³/mol. The Bertz CT molecular complexity index is 129. The molecule has 9 heavy (non-hydrogen) atoms. The van der Waals surface area contributed by atoms with Crippen LogP contribution in [-0.4, -0.2) is 18.7 Å². The number of ketones is 1. The molecular formula is C6H9NO2. The summed E-state index contributed by atoms with van der Waals surface area (Å²) in [7, 11) is 0. The highest BCUT2D eigenvalue weighted by Crippen LogP contribution is 2.29. The van der Waals surface area contributed by atoms with E-state index >= 15 is 0 Å². The van der Waals surface area contributed by atoms with Gasteiger partial charge in [0.15, 0.2) is 5.78 Å². The van der Waals surface area contributed by atoms with Crippen molar-refractivity contribution in [3.63, 3.8) is 0 Å². The van der Waals surface area contributed by atoms with Crippen LogP contribution in [0.2, 0.25) is 0 Å². The molecule has 0 heterocycles. The van der Waals surface area contributed by atoms with Gasteiger partial charge >= 0.3 is 0 Å². The Morgan fingerprint density at radius 2 is 2.33 bits per heavy atom. The highest BCUT2D eigenvalue weighted by Gasteiger charge is 2.28. The third-order valence-electron chi connectivity index (χ3n) is 1.39. The Balaban J connectivity index is 2.10. The lowest BCUT2D eigenvalue weighted by molar-refractivity contribution is -0.121. The van der Waals surface area contributed by atoms with Crippen molar-refractivity contribution in [2.24, 2.45) is 5.92 Å². The first-order chi connectivity index (χ1) is 4.34. The normalized spacial score (nSPS) is 16.9. The molecule has 0 aromatic heterocycles. The molecule has 0 saturated heterocycles. The first-order valence-corrected chi connectivity index (χ1v) is 3.04. The third kappa shape index (κ3) is 1.83. The van der Waals surface area contributed by atoms with Crippen LogP contribution in [0.1, 0.15) is 12.8 Å². The van der Waals surface area contributed by atoms with Crippen molar-refractivity contribution in [2.75, 3.05) is 6.54 Å². The summed E-state index contributed by atoms with van der Waals surface area (Å²) < 4.78 is 0. The minimum atomic E-state index is 0.169. The molecule has 1 aliphatic rings. The van der Waals surface area contributed by atoms with Crippen LogP contribution in [-0.2, 0) is 9.59 Å². The fourth-order valence-corrected chi connectivity index (χ4v) is 0.692. The van der Waals surface area contributed by atoms with Crippen LogP contribution in [0, 0.1) is 5.92 Å². The second-order valence-corrected chi connectivity index (χ2v) is 2.24. The maximum absolute atomic E-state index is 10.7. The SMILES string of the molecule is O=CNCC(=O)C1CC1. The summed E-state index contributed by atoms with van der Waals surface area (Å²) in [5.41, 5.74) is 0. The fraction of sp³-hybridized carbons (Fsp3) is 0.667. The Labute approximate surface area is 53.4 Å². The van der Waals surface area contributed by atoms with Gasteiger partial charge in [-0.3, -0.25) is 9.59 Å². The lowest BCUT2D eigenvalue weighted by Gasteiger charge is -1.92. The molecule has 0 aliphatic heterocycles. The quantitative estimate of drug-likeness (QED) is 0.527. The summed E-state index contributed by atoms with van der Waals surface area (Å²) in [4.78, 5) is 20.4. The number of amides is 1. The van der Waals surface area contributed by atoms with Crippen LogP contribution in [0.25, 0.3) is 0 Å². The second-order valence-electron chi connectivity index (χ2n) is 2.24. The molecule has 0 bridgehead atoms. The van der Waals surface area contributed by atoms with Crippen LogP contribution in [0.5, 0.6) is 0 Å². The number of hydrogen-bond acceptors (Lipinski definition) is 2. The van der Waals surface area contributed by atoms with Crippen LogP contribution in [0.3, 0.4) is 0 Å². The van der Waals surface area contributed by atoms with Gasteiger partial charge in [0.05, 0.1) is 6.54 Å². The van der Waals surface area contributed by atoms with Gasteiger partial charge < -0.3 is 5.32 Å². The third-order valence-corrected chi connectivity index (χ3v) is 1.39. The van der Waals surface area contributed by atoms with Crippen LogP contribution >= 0.6 is 0 Å². The summed E-state index contributed by atoms with van der Waals surface area (Å²) in [5, 5.41) is 2.34. The maximum atomic E-state index is 10.7. The zero-order chi connectivity index (χ0) is 6.69. The minimum Gasteiger partial charge on any atom is -0.352 e. The lowest BCUT2D eigenvalue weighted by Crippen LogP contribution is -2.22. The van der Waals surface area contributed by atoms with Crippen molar-refractivity contribution in [3.05, 3.63) is 0 Å². The summed E-state index contributed by atoms with van der Waals surface area (Å²) in [6, 6.07) is 0. The zero-order valence-corrected chi connectivity index (χ0v) is 5.09. The molecule has 1 rings (SSSR count). The van der Waals surface area contributed by atoms with Crippen molar-refractivity contribution < 1.29 is 9.59 Å². The number of carbonyl (C=O) groups is 2. The van der Waals surface area contributed by atoms with Gasteiger partial charge in [0.2, 0.25) is 6.41 Å². The van der Waals surface area contributed by atoms with E-state index in [-0.39, 0.29) is 18.2 Å². The summed E-state index contributed by atoms with van der Waals surface area (Å²) >= 11 is 0. The molecule has 0 aromatic carbocycles. The van der Waals surface area contributed by atoms with Gasteiger partial charge in [-0.15, -0.1) is 0 Å². The lowest BCUT2D eigenvalue weighted by atomic mass is 10.3. The fourth-order valence-electron chi connectivity index (χ4n) is 0.692. The number of Topliss-reactive ketones (excluding diaryl/α,β-unsaturated/α-hetero) is 1. The molecular weight excluding hydrogens is 118 g/mol. The smallest absolute Gasteiger partial charge is 0.207 e. The van der Waals surface area contributed by atoms with E-state index < -0.39 is 0 Å². The molecule has 0 aromatic rings. The second kappa shape index (κ2) is 2.62. The molecule has 1 fully saturated rings. The largest absolute Gasteiger partial charge is 0.352 e. The van der Waals surface area contributed by atoms with E-state index in [9.17, 15) is 9.59 Å². The maximum Gasteiger partial charge on any atom is 0.207 e. The molecule has 1 saturated carbocycles. The molecule has 0 atom stereocenters. The number of nitrogens with one attached hydrogen (secondary N) is 1. The minimum absolute atomic E-state index is 0.169. The molecule has 0 unspecified atom stereocenters. The van der Waals surface area contributed by atoms with Crippen molar-refractivity contribution >= 4 is 12.2 Å². The molecule has 0 radical (unpaired) electrons. The van der Waals surface area contributed by atoms with Crippen molar-refractivity contribution in [2.45, 2.75) is 12.8 Å². The standard InChI is InChI=1S/C6H9NO2/c8-4-7-3-6(9)5-1-2-5/h4-5H,1-3H2,(H,7,8). The number of rotatable bonds is 4. The average Bonchev–Trinajstić information content (AvgIpc) is 2.63. The summed E-state index contributed by atoms with van der Waals surface area (Å²) in [5.74, 6) is 0.430. The monoisotopic (exact) mass is 127 g/mol. The van der Waals surface area contributed by atoms with E-state index in [1.54, 1.807) is 0 Å². The molecule has 50 valence electrons. The van der Waals surface area contributed by atoms with E-state index in [1.165, 1.54) is 0 Å². The Morgan fingerprint density at radius 1 is 1.67 bits per heavy atom. The first kappa shape index (κ1) is 6.26. The topological polar surface area (TPSA) is 46.2 Å². The molecule has 1 N–H and O–H groups in total. The van der Waals surface area contributed by atoms with Gasteiger partial charge in [0, 0.05) is 5.92 Å². The number of hydrogen-bond donors (Lipinski definition) is 1. The summed E-state index contributed by atoms with van der Waals surface area (Å²) in [6.45, 7) is 0.216. The highest BCUT2D eigenvalue weighted by molar-refractivity contribution is 5.86. The van der Waals surface area contributed by atoms with Crippen molar-refractivity contribution in [3.8, 4) is 0 Å². The van der Waals surface area contributed by atoms with Gasteiger partial charge in [0.25, 0.3) is 0 Å². The van der Waals surface area contributed by atoms with Crippen molar-refractivity contribution in [1.29, 1.82) is 0 Å². The van der Waals surface area contributed by atoms with Gasteiger partial charge in [-0.05, 0) is 12.8 Å². The highest BCUT2D eigenvalue weighted by atomic mass is 16.1. The van der Waals surface area contributed by atoms with Gasteiger partial charge in [-0.25, -0.2) is 0 Å². The molecule has 1 aliphatic carbocycles. The molecule has 1 amide bonds.